The zero-order valence-corrected chi connectivity index (χ0v) is 16.0. The SMILES string of the molecule is CCc1ccc(-c2ccc(=O)[nH]n2)cc1S(=O)(=O)NC(C)c1ccccc1. The minimum Gasteiger partial charge on any atom is -0.268 e. The molecule has 1 unspecified atom stereocenters. The molecule has 140 valence electrons. The standard InChI is InChI=1S/C20H21N3O3S/c1-3-15-9-10-17(18-11-12-20(24)22-21-18)13-19(15)27(25,26)23-14(2)16-7-5-4-6-8-16/h4-14,23H,3H2,1-2H3,(H,22,24). The third kappa shape index (κ3) is 4.32. The van der Waals surface area contributed by atoms with Crippen LogP contribution in [0, 0.1) is 0 Å². The Bertz CT molecular complexity index is 1070. The lowest BCUT2D eigenvalue weighted by Gasteiger charge is -2.17. The van der Waals surface area contributed by atoms with E-state index >= 15 is 0 Å². The molecule has 7 heteroatoms. The second kappa shape index (κ2) is 7.85. The predicted molar refractivity (Wildman–Crippen MR) is 105 cm³/mol. The molecule has 1 atom stereocenters. The molecule has 0 spiro atoms. The predicted octanol–water partition coefficient (Wildman–Crippen LogP) is 3.04. The van der Waals surface area contributed by atoms with Gasteiger partial charge >= 0.3 is 0 Å². The highest BCUT2D eigenvalue weighted by atomic mass is 32.2. The first-order valence-electron chi connectivity index (χ1n) is 8.67. The van der Waals surface area contributed by atoms with Gasteiger partial charge < -0.3 is 0 Å². The van der Waals surface area contributed by atoms with Gasteiger partial charge in [-0.3, -0.25) is 4.79 Å². The van der Waals surface area contributed by atoms with Crippen molar-refractivity contribution < 1.29 is 8.42 Å². The summed E-state index contributed by atoms with van der Waals surface area (Å²) in [5, 5.41) is 6.35. The number of hydrogen-bond donors (Lipinski definition) is 2. The highest BCUT2D eigenvalue weighted by Gasteiger charge is 2.22. The average Bonchev–Trinajstić information content (AvgIpc) is 2.68. The van der Waals surface area contributed by atoms with Crippen molar-refractivity contribution in [1.29, 1.82) is 0 Å². The van der Waals surface area contributed by atoms with Gasteiger partial charge in [0.25, 0.3) is 5.56 Å². The zero-order valence-electron chi connectivity index (χ0n) is 15.1. The second-order valence-corrected chi connectivity index (χ2v) is 7.92. The van der Waals surface area contributed by atoms with Crippen LogP contribution in [0.5, 0.6) is 0 Å². The summed E-state index contributed by atoms with van der Waals surface area (Å²) < 4.78 is 28.8. The lowest BCUT2D eigenvalue weighted by atomic mass is 10.1. The Hall–Kier alpha value is -2.77. The van der Waals surface area contributed by atoms with Crippen molar-refractivity contribution >= 4 is 10.0 Å². The molecule has 0 aliphatic carbocycles. The molecule has 27 heavy (non-hydrogen) atoms. The van der Waals surface area contributed by atoms with E-state index in [0.717, 1.165) is 11.1 Å². The van der Waals surface area contributed by atoms with Crippen molar-refractivity contribution in [3.05, 3.63) is 82.1 Å². The summed E-state index contributed by atoms with van der Waals surface area (Å²) in [7, 11) is -3.74. The molecule has 0 radical (unpaired) electrons. The molecule has 2 N–H and O–H groups in total. The topological polar surface area (TPSA) is 91.9 Å². The Morgan fingerprint density at radius 3 is 2.44 bits per heavy atom. The fourth-order valence-corrected chi connectivity index (χ4v) is 4.44. The van der Waals surface area contributed by atoms with Crippen LogP contribution in [0.25, 0.3) is 11.3 Å². The number of aromatic amines is 1. The summed E-state index contributed by atoms with van der Waals surface area (Å²) in [6, 6.07) is 17.2. The number of benzene rings is 2. The number of hydrogen-bond acceptors (Lipinski definition) is 4. The Morgan fingerprint density at radius 2 is 1.81 bits per heavy atom. The van der Waals surface area contributed by atoms with E-state index in [1.165, 1.54) is 6.07 Å². The van der Waals surface area contributed by atoms with Gasteiger partial charge in [-0.05, 0) is 36.6 Å². The van der Waals surface area contributed by atoms with Crippen LogP contribution in [0.2, 0.25) is 0 Å². The van der Waals surface area contributed by atoms with E-state index in [2.05, 4.69) is 14.9 Å². The summed E-state index contributed by atoms with van der Waals surface area (Å²) in [4.78, 5) is 11.4. The smallest absolute Gasteiger partial charge is 0.264 e. The minimum absolute atomic E-state index is 0.221. The van der Waals surface area contributed by atoms with Gasteiger partial charge in [-0.15, -0.1) is 0 Å². The van der Waals surface area contributed by atoms with Crippen molar-refractivity contribution in [3.8, 4) is 11.3 Å². The first-order chi connectivity index (χ1) is 12.9. The largest absolute Gasteiger partial charge is 0.268 e. The van der Waals surface area contributed by atoms with Crippen molar-refractivity contribution in [2.75, 3.05) is 0 Å². The van der Waals surface area contributed by atoms with Gasteiger partial charge in [-0.1, -0.05) is 49.4 Å². The molecule has 6 nitrogen and oxygen atoms in total. The van der Waals surface area contributed by atoms with Crippen molar-refractivity contribution in [2.24, 2.45) is 0 Å². The molecule has 3 aromatic rings. The summed E-state index contributed by atoms with van der Waals surface area (Å²) in [6.45, 7) is 3.72. The maximum atomic E-state index is 13.0. The van der Waals surface area contributed by atoms with Gasteiger partial charge in [0.15, 0.2) is 0 Å². The zero-order chi connectivity index (χ0) is 19.4. The minimum atomic E-state index is -3.74. The average molecular weight is 383 g/mol. The molecule has 1 aromatic heterocycles. The van der Waals surface area contributed by atoms with Gasteiger partial charge in [-0.25, -0.2) is 18.2 Å². The van der Waals surface area contributed by atoms with Gasteiger partial charge in [0, 0.05) is 17.7 Å². The summed E-state index contributed by atoms with van der Waals surface area (Å²) in [5.74, 6) is 0. The van der Waals surface area contributed by atoms with Crippen LogP contribution in [0.1, 0.15) is 31.0 Å². The highest BCUT2D eigenvalue weighted by molar-refractivity contribution is 7.89. The Balaban J connectivity index is 1.99. The maximum absolute atomic E-state index is 13.0. The number of aromatic nitrogens is 2. The first kappa shape index (κ1) is 19.0. The molecule has 0 aliphatic heterocycles. The van der Waals surface area contributed by atoms with E-state index in [1.807, 2.05) is 44.2 Å². The van der Waals surface area contributed by atoms with E-state index in [0.29, 0.717) is 17.7 Å². The van der Waals surface area contributed by atoms with E-state index in [1.54, 1.807) is 24.3 Å². The van der Waals surface area contributed by atoms with Crippen LogP contribution in [0.15, 0.2) is 70.4 Å². The van der Waals surface area contributed by atoms with Crippen molar-refractivity contribution in [1.82, 2.24) is 14.9 Å². The van der Waals surface area contributed by atoms with Crippen LogP contribution < -0.4 is 10.3 Å². The van der Waals surface area contributed by atoms with E-state index in [-0.39, 0.29) is 16.5 Å². The quantitative estimate of drug-likeness (QED) is 0.684. The molecule has 2 aromatic carbocycles. The Labute approximate surface area is 158 Å². The number of nitrogens with one attached hydrogen (secondary N) is 2. The first-order valence-corrected chi connectivity index (χ1v) is 10.2. The van der Waals surface area contributed by atoms with Crippen LogP contribution in [-0.2, 0) is 16.4 Å². The van der Waals surface area contributed by atoms with Gasteiger partial charge in [-0.2, -0.15) is 5.10 Å². The van der Waals surface area contributed by atoms with Gasteiger partial charge in [0.05, 0.1) is 10.6 Å². The Kier molecular flexibility index (Phi) is 5.53. The van der Waals surface area contributed by atoms with Gasteiger partial charge in [0.2, 0.25) is 10.0 Å². The molecule has 0 fully saturated rings. The third-order valence-electron chi connectivity index (χ3n) is 4.34. The van der Waals surface area contributed by atoms with E-state index in [4.69, 9.17) is 0 Å². The second-order valence-electron chi connectivity index (χ2n) is 6.24. The van der Waals surface area contributed by atoms with Crippen LogP contribution in [0.4, 0.5) is 0 Å². The summed E-state index contributed by atoms with van der Waals surface area (Å²) >= 11 is 0. The number of nitrogens with zero attached hydrogens (tertiary/aromatic N) is 1. The molecule has 0 amide bonds. The third-order valence-corrected chi connectivity index (χ3v) is 5.97. The number of aryl methyl sites for hydroxylation is 1. The normalized spacial score (nSPS) is 12.7. The lowest BCUT2D eigenvalue weighted by Crippen LogP contribution is -2.27. The molecule has 1 heterocycles. The molecule has 0 saturated carbocycles. The molecule has 0 saturated heterocycles. The number of sulfonamides is 1. The molecular weight excluding hydrogens is 362 g/mol. The van der Waals surface area contributed by atoms with E-state index < -0.39 is 10.0 Å². The molecule has 3 rings (SSSR count). The number of H-pyrrole nitrogens is 1. The molecule has 0 aliphatic rings. The molecule has 0 bridgehead atoms. The molecular formula is C20H21N3O3S. The number of rotatable bonds is 6. The summed E-state index contributed by atoms with van der Waals surface area (Å²) in [6.07, 6.45) is 0.579. The fraction of sp³-hybridized carbons (Fsp3) is 0.200. The monoisotopic (exact) mass is 383 g/mol. The summed E-state index contributed by atoms with van der Waals surface area (Å²) in [5.41, 5.74) is 2.42. The van der Waals surface area contributed by atoms with Crippen LogP contribution in [0.3, 0.4) is 0 Å². The van der Waals surface area contributed by atoms with Gasteiger partial charge in [0.1, 0.15) is 0 Å². The highest BCUT2D eigenvalue weighted by Crippen LogP contribution is 2.25. The van der Waals surface area contributed by atoms with Crippen LogP contribution in [-0.4, -0.2) is 18.6 Å². The van der Waals surface area contributed by atoms with Crippen LogP contribution >= 0.6 is 0 Å². The Morgan fingerprint density at radius 1 is 1.07 bits per heavy atom. The van der Waals surface area contributed by atoms with E-state index in [9.17, 15) is 13.2 Å². The maximum Gasteiger partial charge on any atom is 0.264 e. The van der Waals surface area contributed by atoms with Crippen molar-refractivity contribution in [2.45, 2.75) is 31.2 Å². The lowest BCUT2D eigenvalue weighted by molar-refractivity contribution is 0.566. The fourth-order valence-electron chi connectivity index (χ4n) is 2.87. The van der Waals surface area contributed by atoms with Crippen molar-refractivity contribution in [3.63, 3.8) is 0 Å².